The lowest BCUT2D eigenvalue weighted by atomic mass is 9.94. The molecule has 1 heterocycles. The predicted octanol–water partition coefficient (Wildman–Crippen LogP) is 3.46. The molecule has 4 N–H and O–H groups in total. The predicted molar refractivity (Wildman–Crippen MR) is 132 cm³/mol. The van der Waals surface area contributed by atoms with Gasteiger partial charge < -0.3 is 10.6 Å². The Bertz CT molecular complexity index is 1330. The molecule has 1 aliphatic heterocycles. The molecule has 11 heteroatoms. The zero-order valence-electron chi connectivity index (χ0n) is 19.0. The summed E-state index contributed by atoms with van der Waals surface area (Å²) in [5.74, 6) is -1.41. The van der Waals surface area contributed by atoms with Gasteiger partial charge in [-0.25, -0.2) is 13.6 Å². The Hall–Kier alpha value is -3.21. The molecule has 184 valence electrons. The molecule has 2 aromatic rings. The van der Waals surface area contributed by atoms with E-state index in [1.807, 2.05) is 0 Å². The second kappa shape index (κ2) is 9.80. The van der Waals surface area contributed by atoms with Crippen molar-refractivity contribution in [1.82, 2.24) is 4.90 Å². The van der Waals surface area contributed by atoms with Gasteiger partial charge in [0.25, 0.3) is 17.7 Å². The van der Waals surface area contributed by atoms with Gasteiger partial charge >= 0.3 is 0 Å². The van der Waals surface area contributed by atoms with Crippen LogP contribution in [-0.2, 0) is 19.6 Å². The molecule has 0 saturated heterocycles. The van der Waals surface area contributed by atoms with Crippen molar-refractivity contribution in [2.75, 3.05) is 10.6 Å². The lowest BCUT2D eigenvalue weighted by Crippen LogP contribution is -2.42. The summed E-state index contributed by atoms with van der Waals surface area (Å²) in [6.07, 6.45) is 4.54. The molecule has 0 atom stereocenters. The zero-order valence-corrected chi connectivity index (χ0v) is 20.6. The number of hydrogen-bond acceptors (Lipinski definition) is 6. The molecule has 35 heavy (non-hydrogen) atoms. The highest BCUT2D eigenvalue weighted by Gasteiger charge is 2.42. The third-order valence-electron chi connectivity index (χ3n) is 6.20. The van der Waals surface area contributed by atoms with Gasteiger partial charge in [0, 0.05) is 23.0 Å². The number of aryl methyl sites for hydroxylation is 1. The molecular weight excluding hydrogens is 492 g/mol. The normalized spacial score (nSPS) is 17.2. The Morgan fingerprint density at radius 1 is 1.03 bits per heavy atom. The summed E-state index contributed by atoms with van der Waals surface area (Å²) in [6.45, 7) is 1.80. The van der Waals surface area contributed by atoms with Crippen LogP contribution in [0.25, 0.3) is 0 Å². The molecule has 1 aliphatic carbocycles. The van der Waals surface area contributed by atoms with E-state index in [-0.39, 0.29) is 27.2 Å². The number of amides is 3. The van der Waals surface area contributed by atoms with Crippen molar-refractivity contribution in [3.63, 3.8) is 0 Å². The Morgan fingerprint density at radius 3 is 2.31 bits per heavy atom. The van der Waals surface area contributed by atoms with E-state index in [0.29, 0.717) is 11.4 Å². The lowest BCUT2D eigenvalue weighted by Gasteiger charge is -2.29. The average Bonchev–Trinajstić information content (AvgIpc) is 3.03. The van der Waals surface area contributed by atoms with E-state index in [1.54, 1.807) is 25.1 Å². The summed E-state index contributed by atoms with van der Waals surface area (Å²) >= 11 is 6.27. The molecule has 0 aromatic heterocycles. The maximum absolute atomic E-state index is 13.1. The van der Waals surface area contributed by atoms with E-state index in [9.17, 15) is 22.8 Å². The maximum Gasteiger partial charge on any atom is 0.279 e. The van der Waals surface area contributed by atoms with E-state index in [4.69, 9.17) is 16.7 Å². The molecular formula is C24H25ClN4O5S. The van der Waals surface area contributed by atoms with Crippen LogP contribution in [0.3, 0.4) is 0 Å². The number of hydrogen-bond donors (Lipinski definition) is 3. The molecule has 0 radical (unpaired) electrons. The van der Waals surface area contributed by atoms with Gasteiger partial charge in [-0.1, -0.05) is 36.9 Å². The minimum Gasteiger partial charge on any atom is -0.349 e. The average molecular weight is 517 g/mol. The van der Waals surface area contributed by atoms with Crippen molar-refractivity contribution >= 4 is 50.7 Å². The van der Waals surface area contributed by atoms with Crippen molar-refractivity contribution in [3.8, 4) is 0 Å². The molecule has 2 aliphatic rings. The number of anilines is 2. The van der Waals surface area contributed by atoms with Gasteiger partial charge in [0.1, 0.15) is 10.7 Å². The van der Waals surface area contributed by atoms with Gasteiger partial charge in [-0.2, -0.15) is 0 Å². The van der Waals surface area contributed by atoms with Crippen LogP contribution in [0.15, 0.2) is 58.1 Å². The fourth-order valence-corrected chi connectivity index (χ4v) is 5.00. The van der Waals surface area contributed by atoms with Crippen LogP contribution in [0, 0.1) is 6.92 Å². The highest BCUT2D eigenvalue weighted by molar-refractivity contribution is 7.89. The number of nitrogens with zero attached hydrogens (tertiary/aromatic N) is 1. The van der Waals surface area contributed by atoms with E-state index in [2.05, 4.69) is 10.6 Å². The highest BCUT2D eigenvalue weighted by Crippen LogP contribution is 2.33. The maximum atomic E-state index is 13.1. The smallest absolute Gasteiger partial charge is 0.279 e. The quantitative estimate of drug-likeness (QED) is 0.502. The van der Waals surface area contributed by atoms with Gasteiger partial charge in [0.05, 0.1) is 4.90 Å². The van der Waals surface area contributed by atoms with Crippen molar-refractivity contribution < 1.29 is 22.8 Å². The molecule has 9 nitrogen and oxygen atoms in total. The highest BCUT2D eigenvalue weighted by atomic mass is 35.5. The van der Waals surface area contributed by atoms with Crippen LogP contribution in [0.1, 0.15) is 48.0 Å². The standard InChI is InChI=1S/C24H25ClN4O5S/c1-14-7-8-15(22(30)27-16-9-11-18(12-10-16)35(26,33)34)13-19(14)28-21-20(25)23(31)29(24(21)32)17-5-3-2-4-6-17/h7-13,17,28H,2-6H2,1H3,(H,27,30)(H2,26,33,34). The SMILES string of the molecule is Cc1ccc(C(=O)Nc2ccc(S(N)(=O)=O)cc2)cc1NC1=C(Cl)C(=O)N(C2CCCCC2)C1=O. The molecule has 0 spiro atoms. The number of nitrogens with one attached hydrogen (secondary N) is 2. The molecule has 0 bridgehead atoms. The number of benzene rings is 2. The van der Waals surface area contributed by atoms with Crippen LogP contribution in [0.2, 0.25) is 0 Å². The summed E-state index contributed by atoms with van der Waals surface area (Å²) < 4.78 is 22.8. The number of sulfonamides is 1. The number of carbonyl (C=O) groups excluding carboxylic acids is 3. The molecule has 4 rings (SSSR count). The molecule has 1 fully saturated rings. The van der Waals surface area contributed by atoms with Crippen LogP contribution >= 0.6 is 11.6 Å². The minimum absolute atomic E-state index is 0.00137. The summed E-state index contributed by atoms with van der Waals surface area (Å²) in [5.41, 5.74) is 1.87. The number of primary sulfonamides is 1. The molecule has 3 amide bonds. The fraction of sp³-hybridized carbons (Fsp3) is 0.292. The van der Waals surface area contributed by atoms with Gasteiger partial charge in [-0.05, 0) is 61.7 Å². The number of nitrogens with two attached hydrogens (primary N) is 1. The first-order valence-corrected chi connectivity index (χ1v) is 13.1. The van der Waals surface area contributed by atoms with Gasteiger partial charge in [0.15, 0.2) is 0 Å². The summed E-state index contributed by atoms with van der Waals surface area (Å²) in [4.78, 5) is 39.8. The van der Waals surface area contributed by atoms with Crippen LogP contribution in [-0.4, -0.2) is 37.1 Å². The van der Waals surface area contributed by atoms with E-state index in [0.717, 1.165) is 37.7 Å². The second-order valence-corrected chi connectivity index (χ2v) is 10.6. The molecule has 0 unspecified atom stereocenters. The summed E-state index contributed by atoms with van der Waals surface area (Å²) in [6, 6.07) is 10.2. The largest absolute Gasteiger partial charge is 0.349 e. The van der Waals surface area contributed by atoms with Crippen LogP contribution in [0.5, 0.6) is 0 Å². The van der Waals surface area contributed by atoms with E-state index >= 15 is 0 Å². The minimum atomic E-state index is -3.84. The monoisotopic (exact) mass is 516 g/mol. The number of imide groups is 1. The lowest BCUT2D eigenvalue weighted by molar-refractivity contribution is -0.140. The first-order chi connectivity index (χ1) is 16.6. The van der Waals surface area contributed by atoms with Gasteiger partial charge in [-0.15, -0.1) is 0 Å². The summed E-state index contributed by atoms with van der Waals surface area (Å²) in [5, 5.41) is 10.6. The second-order valence-electron chi connectivity index (χ2n) is 8.64. The third kappa shape index (κ3) is 5.24. The number of carbonyl (C=O) groups is 3. The van der Waals surface area contributed by atoms with Crippen LogP contribution < -0.4 is 15.8 Å². The van der Waals surface area contributed by atoms with Crippen molar-refractivity contribution in [3.05, 3.63) is 64.3 Å². The molecule has 1 saturated carbocycles. The zero-order chi connectivity index (χ0) is 25.3. The van der Waals surface area contributed by atoms with E-state index in [1.165, 1.54) is 29.2 Å². The third-order valence-corrected chi connectivity index (χ3v) is 7.48. The van der Waals surface area contributed by atoms with Gasteiger partial charge in [-0.3, -0.25) is 19.3 Å². The first-order valence-electron chi connectivity index (χ1n) is 11.2. The summed E-state index contributed by atoms with van der Waals surface area (Å²) in [7, 11) is -3.84. The van der Waals surface area contributed by atoms with Crippen molar-refractivity contribution in [2.45, 2.75) is 50.0 Å². The molecule has 2 aromatic carbocycles. The van der Waals surface area contributed by atoms with E-state index < -0.39 is 27.7 Å². The number of rotatable bonds is 6. The topological polar surface area (TPSA) is 139 Å². The van der Waals surface area contributed by atoms with Gasteiger partial charge in [0.2, 0.25) is 10.0 Å². The Balaban J connectivity index is 1.52. The fourth-order valence-electron chi connectivity index (χ4n) is 4.26. The van der Waals surface area contributed by atoms with Crippen molar-refractivity contribution in [1.29, 1.82) is 0 Å². The van der Waals surface area contributed by atoms with Crippen LogP contribution in [0.4, 0.5) is 11.4 Å². The Kier molecular flexibility index (Phi) is 6.98. The Labute approximate surface area is 208 Å². The Morgan fingerprint density at radius 2 is 1.69 bits per heavy atom. The van der Waals surface area contributed by atoms with Crippen molar-refractivity contribution in [2.24, 2.45) is 5.14 Å². The number of halogens is 1. The first kappa shape index (κ1) is 24.9.